The second-order valence-corrected chi connectivity index (χ2v) is 5.04. The number of likely N-dealkylation sites (tertiary alicyclic amines) is 1. The Morgan fingerprint density at radius 1 is 1.41 bits per heavy atom. The molecule has 1 saturated heterocycles. The highest BCUT2D eigenvalue weighted by molar-refractivity contribution is 5.83. The number of rotatable bonds is 1. The summed E-state index contributed by atoms with van der Waals surface area (Å²) in [5.41, 5.74) is 2.31. The summed E-state index contributed by atoms with van der Waals surface area (Å²) in [5.74, 6) is 0.381. The summed E-state index contributed by atoms with van der Waals surface area (Å²) in [7, 11) is 2.15. The second-order valence-electron chi connectivity index (χ2n) is 5.04. The van der Waals surface area contributed by atoms with Crippen LogP contribution in [-0.2, 0) is 0 Å². The molecule has 1 aliphatic heterocycles. The summed E-state index contributed by atoms with van der Waals surface area (Å²) in [6.07, 6.45) is 4.48. The summed E-state index contributed by atoms with van der Waals surface area (Å²) < 4.78 is 13.3. The number of nitrogens with zero attached hydrogens (tertiary/aromatic N) is 1. The van der Waals surface area contributed by atoms with Crippen LogP contribution in [0.15, 0.2) is 24.4 Å². The first-order valence-corrected chi connectivity index (χ1v) is 6.19. The van der Waals surface area contributed by atoms with E-state index in [1.807, 2.05) is 12.3 Å². The molecule has 0 radical (unpaired) electrons. The summed E-state index contributed by atoms with van der Waals surface area (Å²) in [6.45, 7) is 2.25. The maximum Gasteiger partial charge on any atom is 0.123 e. The van der Waals surface area contributed by atoms with Gasteiger partial charge in [-0.15, -0.1) is 0 Å². The lowest BCUT2D eigenvalue weighted by atomic mass is 9.90. The van der Waals surface area contributed by atoms with Crippen LogP contribution in [0.2, 0.25) is 0 Å². The Kier molecular flexibility index (Phi) is 2.63. The third kappa shape index (κ3) is 1.95. The molecule has 2 aromatic rings. The summed E-state index contributed by atoms with van der Waals surface area (Å²) in [5, 5.41) is 1.05. The Morgan fingerprint density at radius 2 is 2.29 bits per heavy atom. The molecule has 2 nitrogen and oxygen atoms in total. The van der Waals surface area contributed by atoms with Gasteiger partial charge >= 0.3 is 0 Å². The van der Waals surface area contributed by atoms with Gasteiger partial charge in [-0.05, 0) is 56.1 Å². The van der Waals surface area contributed by atoms with Crippen LogP contribution >= 0.6 is 0 Å². The van der Waals surface area contributed by atoms with Crippen molar-refractivity contribution in [2.24, 2.45) is 0 Å². The van der Waals surface area contributed by atoms with Gasteiger partial charge in [0, 0.05) is 23.6 Å². The quantitative estimate of drug-likeness (QED) is 0.800. The van der Waals surface area contributed by atoms with Crippen molar-refractivity contribution in [1.29, 1.82) is 0 Å². The number of likely N-dealkylation sites (N-methyl/N-ethyl adjacent to an activating group) is 1. The van der Waals surface area contributed by atoms with Gasteiger partial charge in [-0.1, -0.05) is 0 Å². The average molecular weight is 232 g/mol. The molecule has 0 amide bonds. The number of benzene rings is 1. The van der Waals surface area contributed by atoms with E-state index in [1.165, 1.54) is 31.0 Å². The van der Waals surface area contributed by atoms with E-state index < -0.39 is 0 Å². The predicted octanol–water partition coefficient (Wildman–Crippen LogP) is 3.12. The number of piperidine rings is 1. The normalized spacial score (nSPS) is 22.1. The predicted molar refractivity (Wildman–Crippen MR) is 67.7 cm³/mol. The van der Waals surface area contributed by atoms with Crippen molar-refractivity contribution in [2.75, 3.05) is 20.1 Å². The third-order valence-electron chi connectivity index (χ3n) is 3.74. The van der Waals surface area contributed by atoms with Crippen LogP contribution in [0.25, 0.3) is 10.9 Å². The number of nitrogens with one attached hydrogen (secondary N) is 1. The van der Waals surface area contributed by atoms with E-state index >= 15 is 0 Å². The van der Waals surface area contributed by atoms with Gasteiger partial charge in [0.2, 0.25) is 0 Å². The van der Waals surface area contributed by atoms with Crippen LogP contribution in [0.4, 0.5) is 4.39 Å². The molecule has 1 aromatic carbocycles. The van der Waals surface area contributed by atoms with Crippen LogP contribution in [0.1, 0.15) is 24.3 Å². The smallest absolute Gasteiger partial charge is 0.123 e. The Morgan fingerprint density at radius 3 is 3.12 bits per heavy atom. The van der Waals surface area contributed by atoms with Crippen LogP contribution in [-0.4, -0.2) is 30.0 Å². The summed E-state index contributed by atoms with van der Waals surface area (Å²) >= 11 is 0. The van der Waals surface area contributed by atoms with E-state index in [0.717, 1.165) is 17.4 Å². The van der Waals surface area contributed by atoms with Crippen molar-refractivity contribution >= 4 is 10.9 Å². The van der Waals surface area contributed by atoms with E-state index in [0.29, 0.717) is 5.92 Å². The third-order valence-corrected chi connectivity index (χ3v) is 3.74. The van der Waals surface area contributed by atoms with Crippen molar-refractivity contribution in [3.8, 4) is 0 Å². The highest BCUT2D eigenvalue weighted by atomic mass is 19.1. The molecular weight excluding hydrogens is 215 g/mol. The standard InChI is InChI=1S/C14H17FN2/c1-17-6-2-3-10(9-17)13-8-16-14-5-4-11(15)7-12(13)14/h4-5,7-8,10,16H,2-3,6,9H2,1H3. The first kappa shape index (κ1) is 10.8. The molecule has 1 fully saturated rings. The fourth-order valence-electron chi connectivity index (χ4n) is 2.87. The zero-order valence-corrected chi connectivity index (χ0v) is 10.0. The molecule has 1 unspecified atom stereocenters. The minimum absolute atomic E-state index is 0.150. The maximum absolute atomic E-state index is 13.3. The molecule has 1 aromatic heterocycles. The highest BCUT2D eigenvalue weighted by Crippen LogP contribution is 2.31. The molecule has 0 bridgehead atoms. The van der Waals surface area contributed by atoms with Gasteiger partial charge < -0.3 is 9.88 Å². The van der Waals surface area contributed by atoms with E-state index in [-0.39, 0.29) is 5.82 Å². The van der Waals surface area contributed by atoms with E-state index in [4.69, 9.17) is 0 Å². The second kappa shape index (κ2) is 4.15. The first-order chi connectivity index (χ1) is 8.24. The lowest BCUT2D eigenvalue weighted by molar-refractivity contribution is 0.251. The van der Waals surface area contributed by atoms with E-state index in [2.05, 4.69) is 16.9 Å². The number of aromatic amines is 1. The van der Waals surface area contributed by atoms with Gasteiger partial charge in [0.25, 0.3) is 0 Å². The Bertz CT molecular complexity index is 532. The van der Waals surface area contributed by atoms with Crippen LogP contribution < -0.4 is 0 Å². The topological polar surface area (TPSA) is 19.0 Å². The molecule has 1 atom stereocenters. The molecule has 1 aliphatic rings. The molecular formula is C14H17FN2. The number of H-pyrrole nitrogens is 1. The fraction of sp³-hybridized carbons (Fsp3) is 0.429. The molecule has 0 aliphatic carbocycles. The SMILES string of the molecule is CN1CCCC(c2c[nH]c3ccc(F)cc23)C1. The minimum Gasteiger partial charge on any atom is -0.361 e. The maximum atomic E-state index is 13.3. The van der Waals surface area contributed by atoms with Gasteiger partial charge in [-0.25, -0.2) is 4.39 Å². The van der Waals surface area contributed by atoms with E-state index in [9.17, 15) is 4.39 Å². The summed E-state index contributed by atoms with van der Waals surface area (Å²) in [6, 6.07) is 4.98. The molecule has 2 heterocycles. The lowest BCUT2D eigenvalue weighted by Gasteiger charge is -2.29. The molecule has 3 rings (SSSR count). The lowest BCUT2D eigenvalue weighted by Crippen LogP contribution is -2.30. The Balaban J connectivity index is 2.01. The molecule has 90 valence electrons. The van der Waals surface area contributed by atoms with Gasteiger partial charge in [0.1, 0.15) is 5.82 Å². The van der Waals surface area contributed by atoms with Gasteiger partial charge in [0.05, 0.1) is 0 Å². The number of hydrogen-bond donors (Lipinski definition) is 1. The van der Waals surface area contributed by atoms with Crippen molar-refractivity contribution in [3.63, 3.8) is 0 Å². The molecule has 0 spiro atoms. The van der Waals surface area contributed by atoms with Crippen molar-refractivity contribution in [2.45, 2.75) is 18.8 Å². The highest BCUT2D eigenvalue weighted by Gasteiger charge is 2.21. The molecule has 0 saturated carbocycles. The summed E-state index contributed by atoms with van der Waals surface area (Å²) in [4.78, 5) is 5.60. The van der Waals surface area contributed by atoms with Gasteiger partial charge in [-0.3, -0.25) is 0 Å². The van der Waals surface area contributed by atoms with E-state index in [1.54, 1.807) is 6.07 Å². The van der Waals surface area contributed by atoms with Crippen LogP contribution in [0.5, 0.6) is 0 Å². The van der Waals surface area contributed by atoms with Crippen molar-refractivity contribution in [1.82, 2.24) is 9.88 Å². The zero-order chi connectivity index (χ0) is 11.8. The molecule has 17 heavy (non-hydrogen) atoms. The van der Waals surface area contributed by atoms with Crippen molar-refractivity contribution in [3.05, 3.63) is 35.8 Å². The van der Waals surface area contributed by atoms with Crippen LogP contribution in [0.3, 0.4) is 0 Å². The van der Waals surface area contributed by atoms with Gasteiger partial charge in [-0.2, -0.15) is 0 Å². The number of aromatic nitrogens is 1. The van der Waals surface area contributed by atoms with Gasteiger partial charge in [0.15, 0.2) is 0 Å². The monoisotopic (exact) mass is 232 g/mol. The average Bonchev–Trinajstić information content (AvgIpc) is 2.71. The fourth-order valence-corrected chi connectivity index (χ4v) is 2.87. The Hall–Kier alpha value is -1.35. The number of hydrogen-bond acceptors (Lipinski definition) is 1. The Labute approximate surface area is 100 Å². The minimum atomic E-state index is -0.150. The number of halogens is 1. The number of fused-ring (bicyclic) bond motifs is 1. The van der Waals surface area contributed by atoms with Crippen molar-refractivity contribution < 1.29 is 4.39 Å². The molecule has 1 N–H and O–H groups in total. The zero-order valence-electron chi connectivity index (χ0n) is 10.0. The van der Waals surface area contributed by atoms with Crippen LogP contribution in [0, 0.1) is 5.82 Å². The largest absolute Gasteiger partial charge is 0.361 e. The molecule has 3 heteroatoms. The first-order valence-electron chi connectivity index (χ1n) is 6.19.